The number of benzene rings is 1. The molecular weight excluding hydrogens is 444 g/mol. The topological polar surface area (TPSA) is 55.1 Å². The zero-order valence-electron chi connectivity index (χ0n) is 20.9. The van der Waals surface area contributed by atoms with Gasteiger partial charge in [-0.15, -0.1) is 0 Å². The van der Waals surface area contributed by atoms with Crippen LogP contribution in [0, 0.1) is 40.4 Å². The smallest absolute Gasteiger partial charge is 0.157 e. The van der Waals surface area contributed by atoms with Crippen molar-refractivity contribution in [3.8, 4) is 0 Å². The molecule has 0 radical (unpaired) electrons. The van der Waals surface area contributed by atoms with Crippen molar-refractivity contribution < 1.29 is 9.90 Å². The lowest BCUT2D eigenvalue weighted by Crippen LogP contribution is -2.55. The summed E-state index contributed by atoms with van der Waals surface area (Å²) < 4.78 is 1.85. The number of aliphatic hydroxyl groups is 1. The van der Waals surface area contributed by atoms with Crippen molar-refractivity contribution in [3.05, 3.63) is 29.4 Å². The fraction of sp³-hybridized carbons (Fsp3) is 0.724. The van der Waals surface area contributed by atoms with Crippen LogP contribution < -0.4 is 0 Å². The Morgan fingerprint density at radius 1 is 1.06 bits per heavy atom. The molecule has 4 aliphatic rings. The number of ketones is 1. The van der Waals surface area contributed by atoms with Gasteiger partial charge in [-0.1, -0.05) is 25.4 Å². The molecule has 0 spiro atoms. The highest BCUT2D eigenvalue weighted by atomic mass is 35.5. The molecule has 8 atom stereocenters. The fourth-order valence-corrected chi connectivity index (χ4v) is 9.55. The molecule has 1 unspecified atom stereocenters. The van der Waals surface area contributed by atoms with E-state index in [1.807, 2.05) is 36.0 Å². The van der Waals surface area contributed by atoms with E-state index in [1.54, 1.807) is 0 Å². The molecule has 34 heavy (non-hydrogen) atoms. The third-order valence-corrected chi connectivity index (χ3v) is 11.5. The molecule has 4 nitrogen and oxygen atoms in total. The Balaban J connectivity index is 1.22. The lowest BCUT2D eigenvalue weighted by Gasteiger charge is -2.61. The minimum atomic E-state index is -0.480. The van der Waals surface area contributed by atoms with Gasteiger partial charge >= 0.3 is 0 Å². The van der Waals surface area contributed by atoms with Crippen LogP contribution in [0.4, 0.5) is 0 Å². The first-order valence-corrected chi connectivity index (χ1v) is 13.8. The number of aromatic nitrogens is 2. The van der Waals surface area contributed by atoms with Gasteiger partial charge < -0.3 is 5.11 Å². The quantitative estimate of drug-likeness (QED) is 0.531. The highest BCUT2D eigenvalue weighted by Gasteiger charge is 2.61. The Labute approximate surface area is 208 Å². The highest BCUT2D eigenvalue weighted by Crippen LogP contribution is 2.68. The van der Waals surface area contributed by atoms with Crippen LogP contribution in [0.1, 0.15) is 78.6 Å². The maximum absolute atomic E-state index is 13.7. The minimum Gasteiger partial charge on any atom is -0.390 e. The fourth-order valence-electron chi connectivity index (χ4n) is 9.39. The van der Waals surface area contributed by atoms with Gasteiger partial charge in [0, 0.05) is 16.3 Å². The minimum absolute atomic E-state index is 0.113. The largest absolute Gasteiger partial charge is 0.390 e. The Morgan fingerprint density at radius 2 is 1.85 bits per heavy atom. The van der Waals surface area contributed by atoms with Crippen LogP contribution in [-0.2, 0) is 11.3 Å². The van der Waals surface area contributed by atoms with Crippen molar-refractivity contribution >= 4 is 28.3 Å². The van der Waals surface area contributed by atoms with Crippen LogP contribution in [0.2, 0.25) is 5.02 Å². The normalized spacial score (nSPS) is 43.9. The summed E-state index contributed by atoms with van der Waals surface area (Å²) in [7, 11) is 0. The lowest BCUT2D eigenvalue weighted by molar-refractivity contribution is -0.151. The van der Waals surface area contributed by atoms with Crippen molar-refractivity contribution in [1.29, 1.82) is 0 Å². The molecule has 0 saturated heterocycles. The van der Waals surface area contributed by atoms with E-state index < -0.39 is 5.60 Å². The summed E-state index contributed by atoms with van der Waals surface area (Å²) in [5, 5.41) is 17.0. The summed E-state index contributed by atoms with van der Waals surface area (Å²) in [6, 6.07) is 5.77. The number of rotatable bonds is 3. The maximum atomic E-state index is 13.7. The van der Waals surface area contributed by atoms with Crippen molar-refractivity contribution in [1.82, 2.24) is 9.78 Å². The van der Waals surface area contributed by atoms with Crippen molar-refractivity contribution in [2.24, 2.45) is 40.4 Å². The van der Waals surface area contributed by atoms with Crippen LogP contribution in [0.25, 0.3) is 10.9 Å². The molecule has 1 aromatic heterocycles. The highest BCUT2D eigenvalue weighted by molar-refractivity contribution is 6.31. The van der Waals surface area contributed by atoms with E-state index in [-0.39, 0.29) is 11.3 Å². The predicted molar refractivity (Wildman–Crippen MR) is 136 cm³/mol. The summed E-state index contributed by atoms with van der Waals surface area (Å²) in [4.78, 5) is 13.7. The van der Waals surface area contributed by atoms with Crippen molar-refractivity contribution in [3.63, 3.8) is 0 Å². The van der Waals surface area contributed by atoms with E-state index in [9.17, 15) is 9.90 Å². The number of halogens is 1. The molecular formula is C29H39ClN2O2. The van der Waals surface area contributed by atoms with Gasteiger partial charge in [-0.05, 0) is 117 Å². The summed E-state index contributed by atoms with van der Waals surface area (Å²) in [6.45, 7) is 7.36. The molecule has 184 valence electrons. The SMILES string of the molecule is C[C@@]1(O)CC[C@@]2(C)[C@H](CCC3[C@@H]2CC[C@]2(C)[C@@H](C(=O)Cn4ncc5ccc(Cl)cc54)CC[C@@H]32)C1. The maximum Gasteiger partial charge on any atom is 0.157 e. The molecule has 5 heteroatoms. The standard InChI is InChI=1S/C29H39ClN2O2/c1-27(34)12-13-28(2)19(15-27)5-7-21-22-8-9-24(29(22,3)11-10-23(21)28)26(33)17-32-25-14-20(30)6-4-18(25)16-31-32/h4,6,14,16,19,21-24,34H,5,7-13,15,17H2,1-3H3/t19-,21?,22+,23+,24-,27-,28+,29+/m1/s1. The van der Waals surface area contributed by atoms with Crippen LogP contribution in [0.5, 0.6) is 0 Å². The van der Waals surface area contributed by atoms with Gasteiger partial charge in [0.15, 0.2) is 5.78 Å². The zero-order valence-corrected chi connectivity index (χ0v) is 21.7. The Bertz CT molecular complexity index is 1120. The van der Waals surface area contributed by atoms with Gasteiger partial charge in [0.05, 0.1) is 17.3 Å². The van der Waals surface area contributed by atoms with E-state index in [0.29, 0.717) is 34.6 Å². The summed E-state index contributed by atoms with van der Waals surface area (Å²) in [5.41, 5.74) is 0.944. The Kier molecular flexibility index (Phi) is 5.29. The molecule has 1 N–H and O–H groups in total. The average Bonchev–Trinajstić information content (AvgIpc) is 3.34. The lowest BCUT2D eigenvalue weighted by atomic mass is 9.44. The van der Waals surface area contributed by atoms with E-state index in [4.69, 9.17) is 11.6 Å². The number of hydrogen-bond acceptors (Lipinski definition) is 3. The third kappa shape index (κ3) is 3.42. The molecule has 1 heterocycles. The number of Topliss-reactive ketones (excluding diaryl/α,β-unsaturated/α-hetero) is 1. The molecule has 0 amide bonds. The molecule has 6 rings (SSSR count). The molecule has 4 aliphatic carbocycles. The van der Waals surface area contributed by atoms with Crippen LogP contribution in [0.3, 0.4) is 0 Å². The van der Waals surface area contributed by atoms with E-state index in [2.05, 4.69) is 18.9 Å². The summed E-state index contributed by atoms with van der Waals surface area (Å²) in [5.74, 6) is 3.29. The first-order valence-electron chi connectivity index (χ1n) is 13.5. The van der Waals surface area contributed by atoms with Gasteiger partial charge in [0.1, 0.15) is 6.54 Å². The van der Waals surface area contributed by atoms with Gasteiger partial charge in [0.2, 0.25) is 0 Å². The van der Waals surface area contributed by atoms with Crippen LogP contribution in [0.15, 0.2) is 24.4 Å². The van der Waals surface area contributed by atoms with Gasteiger partial charge in [0.25, 0.3) is 0 Å². The monoisotopic (exact) mass is 482 g/mol. The van der Waals surface area contributed by atoms with Crippen LogP contribution in [-0.4, -0.2) is 26.3 Å². The second kappa shape index (κ2) is 7.80. The average molecular weight is 483 g/mol. The van der Waals surface area contributed by atoms with Gasteiger partial charge in [-0.2, -0.15) is 5.10 Å². The number of carbonyl (C=O) groups excluding carboxylic acids is 1. The number of hydrogen-bond donors (Lipinski definition) is 1. The summed E-state index contributed by atoms with van der Waals surface area (Å²) in [6.07, 6.45) is 12.1. The molecule has 0 aliphatic heterocycles. The second-order valence-corrected chi connectivity index (χ2v) is 13.4. The third-order valence-electron chi connectivity index (χ3n) is 11.3. The second-order valence-electron chi connectivity index (χ2n) is 13.0. The first-order chi connectivity index (χ1) is 16.1. The van der Waals surface area contributed by atoms with E-state index in [1.165, 1.54) is 32.1 Å². The number of fused-ring (bicyclic) bond motifs is 6. The predicted octanol–water partition coefficient (Wildman–Crippen LogP) is 6.67. The van der Waals surface area contributed by atoms with Gasteiger partial charge in [-0.3, -0.25) is 9.48 Å². The van der Waals surface area contributed by atoms with Crippen LogP contribution >= 0.6 is 11.6 Å². The number of carbonyl (C=O) groups is 1. The first kappa shape index (κ1) is 23.0. The summed E-state index contributed by atoms with van der Waals surface area (Å²) >= 11 is 6.22. The van der Waals surface area contributed by atoms with Gasteiger partial charge in [-0.25, -0.2) is 0 Å². The van der Waals surface area contributed by atoms with E-state index in [0.717, 1.165) is 48.4 Å². The van der Waals surface area contributed by atoms with Crippen molar-refractivity contribution in [2.75, 3.05) is 0 Å². The van der Waals surface area contributed by atoms with E-state index >= 15 is 0 Å². The molecule has 2 aromatic rings. The van der Waals surface area contributed by atoms with Crippen molar-refractivity contribution in [2.45, 2.75) is 90.7 Å². The number of nitrogens with zero attached hydrogens (tertiary/aromatic N) is 2. The molecule has 4 saturated carbocycles. The molecule has 4 fully saturated rings. The molecule has 0 bridgehead atoms. The Morgan fingerprint density at radius 3 is 2.68 bits per heavy atom. The zero-order chi connectivity index (χ0) is 23.9. The Hall–Kier alpha value is -1.39. The molecule has 1 aromatic carbocycles.